The summed E-state index contributed by atoms with van der Waals surface area (Å²) >= 11 is 6.83. The van der Waals surface area contributed by atoms with Gasteiger partial charge >= 0.3 is 0 Å². The van der Waals surface area contributed by atoms with Gasteiger partial charge in [-0.2, -0.15) is 5.26 Å². The summed E-state index contributed by atoms with van der Waals surface area (Å²) in [5.41, 5.74) is 2.23. The lowest BCUT2D eigenvalue weighted by molar-refractivity contribution is -0.122. The quantitative estimate of drug-likeness (QED) is 0.411. The second kappa shape index (κ2) is 11.3. The zero-order valence-corrected chi connectivity index (χ0v) is 22.5. The summed E-state index contributed by atoms with van der Waals surface area (Å²) in [5.74, 6) is 1.41. The molecule has 0 N–H and O–H groups in total. The number of pyridine rings is 1. The fourth-order valence-electron chi connectivity index (χ4n) is 4.73. The van der Waals surface area contributed by atoms with Crippen LogP contribution in [0.25, 0.3) is 6.08 Å². The minimum atomic E-state index is -0.307. The number of anilines is 1. The highest BCUT2D eigenvalue weighted by molar-refractivity contribution is 8.26. The Hall–Kier alpha value is -3.09. The molecule has 36 heavy (non-hydrogen) atoms. The third-order valence-electron chi connectivity index (χ3n) is 6.81. The number of benzene rings is 1. The Morgan fingerprint density at radius 1 is 1.14 bits per heavy atom. The summed E-state index contributed by atoms with van der Waals surface area (Å²) in [4.78, 5) is 30.7. The number of carbonyl (C=O) groups is 1. The largest absolute Gasteiger partial charge is 0.497 e. The van der Waals surface area contributed by atoms with E-state index in [1.165, 1.54) is 11.8 Å². The minimum Gasteiger partial charge on any atom is -0.497 e. The highest BCUT2D eigenvalue weighted by atomic mass is 32.2. The van der Waals surface area contributed by atoms with Crippen molar-refractivity contribution in [1.29, 1.82) is 5.26 Å². The number of hydrogen-bond donors (Lipinski definition) is 0. The summed E-state index contributed by atoms with van der Waals surface area (Å²) in [6.45, 7) is 3.94. The molecule has 0 aliphatic carbocycles. The molecular weight excluding hydrogens is 492 g/mol. The molecule has 1 aromatic carbocycles. The molecule has 0 bridgehead atoms. The van der Waals surface area contributed by atoms with Crippen LogP contribution in [0.3, 0.4) is 0 Å². The van der Waals surface area contributed by atoms with E-state index in [9.17, 15) is 14.9 Å². The molecule has 2 aliphatic heterocycles. The van der Waals surface area contributed by atoms with E-state index in [-0.39, 0.29) is 17.0 Å². The Kier molecular flexibility index (Phi) is 8.17. The van der Waals surface area contributed by atoms with Crippen LogP contribution in [-0.2, 0) is 18.3 Å². The maximum absolute atomic E-state index is 13.4. The van der Waals surface area contributed by atoms with Gasteiger partial charge in [-0.05, 0) is 55.5 Å². The number of nitriles is 1. The molecule has 2 fully saturated rings. The average Bonchev–Trinajstić information content (AvgIpc) is 3.04. The predicted molar refractivity (Wildman–Crippen MR) is 148 cm³/mol. The fraction of sp³-hybridized carbons (Fsp3) is 0.407. The maximum Gasteiger partial charge on any atom is 0.270 e. The van der Waals surface area contributed by atoms with Gasteiger partial charge in [-0.15, -0.1) is 0 Å². The first-order valence-corrected chi connectivity index (χ1v) is 13.3. The van der Waals surface area contributed by atoms with Crippen LogP contribution in [0.2, 0.25) is 0 Å². The van der Waals surface area contributed by atoms with Crippen molar-refractivity contribution in [3.8, 4) is 11.8 Å². The van der Waals surface area contributed by atoms with Crippen molar-refractivity contribution in [2.45, 2.75) is 39.0 Å². The van der Waals surface area contributed by atoms with Gasteiger partial charge < -0.3 is 9.64 Å². The molecule has 3 heterocycles. The second-order valence-electron chi connectivity index (χ2n) is 9.05. The van der Waals surface area contributed by atoms with Crippen molar-refractivity contribution in [1.82, 2.24) is 9.47 Å². The Balaban J connectivity index is 1.67. The van der Waals surface area contributed by atoms with E-state index in [0.717, 1.165) is 61.5 Å². The topological polar surface area (TPSA) is 78.6 Å². The van der Waals surface area contributed by atoms with E-state index in [4.69, 9.17) is 17.0 Å². The molecule has 2 aliphatic rings. The van der Waals surface area contributed by atoms with Crippen molar-refractivity contribution in [3.05, 3.63) is 61.8 Å². The molecule has 2 aromatic rings. The van der Waals surface area contributed by atoms with Crippen molar-refractivity contribution >= 4 is 46.1 Å². The Morgan fingerprint density at radius 2 is 1.81 bits per heavy atom. The minimum absolute atomic E-state index is 0.109. The number of thioether (sulfide) groups is 1. The van der Waals surface area contributed by atoms with Crippen molar-refractivity contribution in [2.75, 3.05) is 31.6 Å². The number of aromatic nitrogens is 1. The van der Waals surface area contributed by atoms with Crippen LogP contribution in [0.5, 0.6) is 5.75 Å². The second-order valence-corrected chi connectivity index (χ2v) is 10.7. The van der Waals surface area contributed by atoms with E-state index < -0.39 is 0 Å². The van der Waals surface area contributed by atoms with Gasteiger partial charge in [0.25, 0.3) is 11.5 Å². The number of amides is 1. The molecule has 1 aromatic heterocycles. The number of ether oxygens (including phenoxy) is 1. The lowest BCUT2D eigenvalue weighted by atomic mass is 10.0. The van der Waals surface area contributed by atoms with Crippen LogP contribution in [-0.4, -0.2) is 46.4 Å². The normalized spacial score (nSPS) is 17.4. The standard InChI is InChI=1S/C27H30N4O3S2/c1-18-21(24(29(2)25(32)22(18)17-28)30-13-6-4-5-7-14-30)16-23-26(33)31(27(35)36-23)15-12-19-8-10-20(34-3)11-9-19/h8-11,16H,4-7,12-15H2,1-3H3/b23-16-. The molecule has 9 heteroatoms. The summed E-state index contributed by atoms with van der Waals surface area (Å²) in [5, 5.41) is 9.70. The fourth-order valence-corrected chi connectivity index (χ4v) is 6.02. The Morgan fingerprint density at radius 3 is 2.42 bits per heavy atom. The van der Waals surface area contributed by atoms with Gasteiger partial charge in [0.15, 0.2) is 0 Å². The van der Waals surface area contributed by atoms with Crippen LogP contribution in [0, 0.1) is 18.3 Å². The van der Waals surface area contributed by atoms with Gasteiger partial charge in [-0.3, -0.25) is 19.1 Å². The summed E-state index contributed by atoms with van der Waals surface area (Å²) in [6.07, 6.45) is 6.88. The highest BCUT2D eigenvalue weighted by Gasteiger charge is 2.33. The highest BCUT2D eigenvalue weighted by Crippen LogP contribution is 2.36. The Bertz CT molecular complexity index is 1300. The monoisotopic (exact) mass is 522 g/mol. The predicted octanol–water partition coefficient (Wildman–Crippen LogP) is 4.40. The number of hydrogen-bond acceptors (Lipinski definition) is 7. The zero-order valence-electron chi connectivity index (χ0n) is 20.9. The lowest BCUT2D eigenvalue weighted by Crippen LogP contribution is -2.34. The number of rotatable bonds is 6. The third kappa shape index (κ3) is 5.20. The summed E-state index contributed by atoms with van der Waals surface area (Å²) < 4.78 is 7.29. The molecule has 7 nitrogen and oxygen atoms in total. The number of thiocarbonyl (C=S) groups is 1. The van der Waals surface area contributed by atoms with E-state index >= 15 is 0 Å². The van der Waals surface area contributed by atoms with Crippen molar-refractivity contribution in [3.63, 3.8) is 0 Å². The third-order valence-corrected chi connectivity index (χ3v) is 8.18. The van der Waals surface area contributed by atoms with Crippen LogP contribution in [0.4, 0.5) is 5.82 Å². The molecule has 4 rings (SSSR count). The Labute approximate surface area is 221 Å². The van der Waals surface area contributed by atoms with Gasteiger partial charge in [0, 0.05) is 32.2 Å². The van der Waals surface area contributed by atoms with Crippen LogP contribution >= 0.6 is 24.0 Å². The van der Waals surface area contributed by atoms with E-state index in [2.05, 4.69) is 11.0 Å². The summed E-state index contributed by atoms with van der Waals surface area (Å²) in [7, 11) is 3.34. The van der Waals surface area contributed by atoms with E-state index in [0.29, 0.717) is 27.8 Å². The first-order valence-electron chi connectivity index (χ1n) is 12.1. The first kappa shape index (κ1) is 26.0. The number of methoxy groups -OCH3 is 1. The molecular formula is C27H30N4O3S2. The molecule has 0 radical (unpaired) electrons. The molecule has 0 spiro atoms. The van der Waals surface area contributed by atoms with Crippen LogP contribution in [0.15, 0.2) is 34.0 Å². The lowest BCUT2D eigenvalue weighted by Gasteiger charge is -2.28. The van der Waals surface area contributed by atoms with Gasteiger partial charge in [0.2, 0.25) is 0 Å². The van der Waals surface area contributed by atoms with E-state index in [1.807, 2.05) is 30.3 Å². The number of carbonyl (C=O) groups excluding carboxylic acids is 1. The zero-order chi connectivity index (χ0) is 25.8. The molecule has 2 saturated heterocycles. The molecule has 0 atom stereocenters. The van der Waals surface area contributed by atoms with Crippen LogP contribution in [0.1, 0.15) is 47.9 Å². The molecule has 0 unspecified atom stereocenters. The maximum atomic E-state index is 13.4. The molecule has 188 valence electrons. The van der Waals surface area contributed by atoms with Crippen LogP contribution < -0.4 is 15.2 Å². The van der Waals surface area contributed by atoms with Crippen molar-refractivity contribution in [2.24, 2.45) is 7.05 Å². The van der Waals surface area contributed by atoms with E-state index in [1.54, 1.807) is 30.5 Å². The van der Waals surface area contributed by atoms with Gasteiger partial charge in [-0.25, -0.2) is 0 Å². The van der Waals surface area contributed by atoms with Crippen molar-refractivity contribution < 1.29 is 9.53 Å². The first-order chi connectivity index (χ1) is 17.3. The van der Waals surface area contributed by atoms with Gasteiger partial charge in [0.05, 0.1) is 12.0 Å². The van der Waals surface area contributed by atoms with Gasteiger partial charge in [-0.1, -0.05) is 49.0 Å². The smallest absolute Gasteiger partial charge is 0.270 e. The van der Waals surface area contributed by atoms with Gasteiger partial charge in [0.1, 0.15) is 27.5 Å². The number of nitrogens with zero attached hydrogens (tertiary/aromatic N) is 4. The SMILES string of the molecule is COc1ccc(CCN2C(=O)/C(=C/c3c(C)c(C#N)c(=O)n(C)c3N3CCCCCC3)SC2=S)cc1. The summed E-state index contributed by atoms with van der Waals surface area (Å²) in [6, 6.07) is 9.84. The molecule has 1 amide bonds. The average molecular weight is 523 g/mol. The molecule has 0 saturated carbocycles.